The number of hydrogen-bond acceptors (Lipinski definition) is 1. The molecule has 0 bridgehead atoms. The fraction of sp³-hybridized carbons (Fsp3) is 0.222. The molecule has 0 aliphatic heterocycles. The van der Waals surface area contributed by atoms with Crippen molar-refractivity contribution in [2.24, 2.45) is 5.73 Å². The van der Waals surface area contributed by atoms with Crippen LogP contribution in [-0.2, 0) is 0 Å². The average Bonchev–Trinajstić information content (AvgIpc) is 2.89. The number of H-pyrrole nitrogens is 1. The zero-order chi connectivity index (χ0) is 13.9. The fourth-order valence-electron chi connectivity index (χ4n) is 2.88. The number of nitrogens with two attached hydrogens (primary N) is 1. The number of hydrogen-bond donors (Lipinski definition) is 2. The SMILES string of the molecule is C[C@H](N)C[C@@H](c1ccccc1)c1c[nH]c2ccccc12. The lowest BCUT2D eigenvalue weighted by molar-refractivity contribution is 0.611. The minimum Gasteiger partial charge on any atom is -0.361 e. The van der Waals surface area contributed by atoms with E-state index in [1.54, 1.807) is 0 Å². The van der Waals surface area contributed by atoms with Gasteiger partial charge in [-0.1, -0.05) is 48.5 Å². The van der Waals surface area contributed by atoms with Gasteiger partial charge in [-0.2, -0.15) is 0 Å². The van der Waals surface area contributed by atoms with Crippen molar-refractivity contribution in [3.8, 4) is 0 Å². The summed E-state index contributed by atoms with van der Waals surface area (Å²) < 4.78 is 0. The van der Waals surface area contributed by atoms with Gasteiger partial charge in [-0.05, 0) is 30.5 Å². The van der Waals surface area contributed by atoms with E-state index < -0.39 is 0 Å². The van der Waals surface area contributed by atoms with Crippen molar-refractivity contribution < 1.29 is 0 Å². The Morgan fingerprint density at radius 1 is 1.00 bits per heavy atom. The first kappa shape index (κ1) is 12.9. The molecule has 3 rings (SSSR count). The highest BCUT2D eigenvalue weighted by molar-refractivity contribution is 5.84. The molecule has 0 fully saturated rings. The standard InChI is InChI=1S/C18H20N2/c1-13(19)11-16(14-7-3-2-4-8-14)17-12-20-18-10-6-5-9-15(17)18/h2-10,12-13,16,20H,11,19H2,1H3/t13-,16-/m0/s1. The highest BCUT2D eigenvalue weighted by Crippen LogP contribution is 2.33. The summed E-state index contributed by atoms with van der Waals surface area (Å²) in [4.78, 5) is 3.37. The first-order chi connectivity index (χ1) is 9.75. The molecule has 3 aromatic rings. The molecule has 2 heteroatoms. The molecule has 0 amide bonds. The van der Waals surface area contributed by atoms with Crippen LogP contribution in [-0.4, -0.2) is 11.0 Å². The van der Waals surface area contributed by atoms with Crippen LogP contribution in [0.3, 0.4) is 0 Å². The molecule has 1 aromatic heterocycles. The largest absolute Gasteiger partial charge is 0.361 e. The molecule has 3 N–H and O–H groups in total. The smallest absolute Gasteiger partial charge is 0.0457 e. The van der Waals surface area contributed by atoms with Crippen molar-refractivity contribution in [3.05, 3.63) is 71.9 Å². The lowest BCUT2D eigenvalue weighted by Gasteiger charge is -2.19. The quantitative estimate of drug-likeness (QED) is 0.733. The zero-order valence-corrected chi connectivity index (χ0v) is 11.7. The van der Waals surface area contributed by atoms with Gasteiger partial charge in [-0.3, -0.25) is 0 Å². The molecule has 0 aliphatic rings. The van der Waals surface area contributed by atoms with Gasteiger partial charge in [0.15, 0.2) is 0 Å². The average molecular weight is 264 g/mol. The lowest BCUT2D eigenvalue weighted by Crippen LogP contribution is -2.19. The molecule has 0 saturated carbocycles. The van der Waals surface area contributed by atoms with E-state index in [0.29, 0.717) is 5.92 Å². The number of fused-ring (bicyclic) bond motifs is 1. The van der Waals surface area contributed by atoms with Crippen LogP contribution < -0.4 is 5.73 Å². The van der Waals surface area contributed by atoms with Gasteiger partial charge in [-0.25, -0.2) is 0 Å². The van der Waals surface area contributed by atoms with E-state index in [2.05, 4.69) is 72.7 Å². The topological polar surface area (TPSA) is 41.8 Å². The normalized spacial score (nSPS) is 14.3. The van der Waals surface area contributed by atoms with E-state index in [1.807, 2.05) is 0 Å². The molecule has 0 aliphatic carbocycles. The van der Waals surface area contributed by atoms with E-state index in [1.165, 1.54) is 22.0 Å². The number of aromatic amines is 1. The highest BCUT2D eigenvalue weighted by atomic mass is 14.7. The van der Waals surface area contributed by atoms with Gasteiger partial charge in [-0.15, -0.1) is 0 Å². The Bertz CT molecular complexity index is 683. The van der Waals surface area contributed by atoms with Crippen molar-refractivity contribution in [1.82, 2.24) is 4.98 Å². The van der Waals surface area contributed by atoms with Gasteiger partial charge in [0.05, 0.1) is 0 Å². The first-order valence-corrected chi connectivity index (χ1v) is 7.12. The maximum Gasteiger partial charge on any atom is 0.0457 e. The molecular formula is C18H20N2. The minimum atomic E-state index is 0.175. The molecule has 20 heavy (non-hydrogen) atoms. The molecule has 0 radical (unpaired) electrons. The Morgan fingerprint density at radius 3 is 2.45 bits per heavy atom. The van der Waals surface area contributed by atoms with E-state index in [4.69, 9.17) is 5.73 Å². The van der Waals surface area contributed by atoms with Gasteiger partial charge >= 0.3 is 0 Å². The van der Waals surface area contributed by atoms with Crippen LogP contribution in [0.2, 0.25) is 0 Å². The maximum absolute atomic E-state index is 6.07. The second kappa shape index (κ2) is 5.51. The lowest BCUT2D eigenvalue weighted by atomic mass is 9.86. The molecule has 0 saturated heterocycles. The minimum absolute atomic E-state index is 0.175. The van der Waals surface area contributed by atoms with Crippen LogP contribution in [0.25, 0.3) is 10.9 Å². The van der Waals surface area contributed by atoms with Gasteiger partial charge in [0, 0.05) is 29.1 Å². The number of aromatic nitrogens is 1. The summed E-state index contributed by atoms with van der Waals surface area (Å²) in [5.74, 6) is 0.340. The van der Waals surface area contributed by atoms with E-state index >= 15 is 0 Å². The molecule has 0 spiro atoms. The number of rotatable bonds is 4. The predicted octanol–water partition coefficient (Wildman–Crippen LogP) is 4.04. The summed E-state index contributed by atoms with van der Waals surface area (Å²) in [5, 5.41) is 1.29. The van der Waals surface area contributed by atoms with Crippen molar-refractivity contribution in [2.75, 3.05) is 0 Å². The van der Waals surface area contributed by atoms with Crippen LogP contribution in [0.1, 0.15) is 30.4 Å². The molecule has 2 nitrogen and oxygen atoms in total. The van der Waals surface area contributed by atoms with Crippen LogP contribution in [0, 0.1) is 0 Å². The maximum atomic E-state index is 6.07. The molecule has 1 heterocycles. The Kier molecular flexibility index (Phi) is 3.57. The van der Waals surface area contributed by atoms with Gasteiger partial charge in [0.1, 0.15) is 0 Å². The third-order valence-electron chi connectivity index (χ3n) is 3.81. The second-order valence-electron chi connectivity index (χ2n) is 5.47. The molecule has 0 unspecified atom stereocenters. The van der Waals surface area contributed by atoms with E-state index in [0.717, 1.165) is 6.42 Å². The van der Waals surface area contributed by atoms with E-state index in [9.17, 15) is 0 Å². The Balaban J connectivity index is 2.09. The summed E-state index contributed by atoms with van der Waals surface area (Å²) in [6.07, 6.45) is 3.08. The molecular weight excluding hydrogens is 244 g/mol. The summed E-state index contributed by atoms with van der Waals surface area (Å²) in [5.41, 5.74) is 9.92. The van der Waals surface area contributed by atoms with E-state index in [-0.39, 0.29) is 6.04 Å². The third-order valence-corrected chi connectivity index (χ3v) is 3.81. The summed E-state index contributed by atoms with van der Waals surface area (Å²) in [6.45, 7) is 2.07. The number of para-hydroxylation sites is 1. The predicted molar refractivity (Wildman–Crippen MR) is 84.9 cm³/mol. The second-order valence-corrected chi connectivity index (χ2v) is 5.47. The molecule has 2 atom stereocenters. The summed E-state index contributed by atoms with van der Waals surface area (Å²) >= 11 is 0. The van der Waals surface area contributed by atoms with Crippen molar-refractivity contribution in [2.45, 2.75) is 25.3 Å². The first-order valence-electron chi connectivity index (χ1n) is 7.12. The summed E-state index contributed by atoms with van der Waals surface area (Å²) in [6, 6.07) is 19.3. The Hall–Kier alpha value is -2.06. The van der Waals surface area contributed by atoms with Crippen LogP contribution in [0.15, 0.2) is 60.8 Å². The molecule has 2 aromatic carbocycles. The fourth-order valence-corrected chi connectivity index (χ4v) is 2.88. The van der Waals surface area contributed by atoms with Crippen LogP contribution in [0.5, 0.6) is 0 Å². The van der Waals surface area contributed by atoms with Crippen molar-refractivity contribution >= 4 is 10.9 Å². The summed E-state index contributed by atoms with van der Waals surface area (Å²) in [7, 11) is 0. The Morgan fingerprint density at radius 2 is 1.70 bits per heavy atom. The zero-order valence-electron chi connectivity index (χ0n) is 11.7. The van der Waals surface area contributed by atoms with Gasteiger partial charge < -0.3 is 10.7 Å². The van der Waals surface area contributed by atoms with Gasteiger partial charge in [0.2, 0.25) is 0 Å². The third kappa shape index (κ3) is 2.47. The monoisotopic (exact) mass is 264 g/mol. The van der Waals surface area contributed by atoms with Crippen LogP contribution >= 0.6 is 0 Å². The Labute approximate surface area is 119 Å². The number of benzene rings is 2. The molecule has 102 valence electrons. The van der Waals surface area contributed by atoms with Crippen molar-refractivity contribution in [3.63, 3.8) is 0 Å². The number of nitrogens with one attached hydrogen (secondary N) is 1. The van der Waals surface area contributed by atoms with Crippen molar-refractivity contribution in [1.29, 1.82) is 0 Å². The van der Waals surface area contributed by atoms with Crippen LogP contribution in [0.4, 0.5) is 0 Å². The van der Waals surface area contributed by atoms with Gasteiger partial charge in [0.25, 0.3) is 0 Å². The highest BCUT2D eigenvalue weighted by Gasteiger charge is 2.19.